The number of thiazole rings is 1. The Morgan fingerprint density at radius 3 is 2.83 bits per heavy atom. The first-order valence-corrected chi connectivity index (χ1v) is 15.7. The van der Waals surface area contributed by atoms with Crippen molar-refractivity contribution >= 4 is 23.2 Å². The average molecular weight is 593 g/mol. The van der Waals surface area contributed by atoms with Gasteiger partial charge in [-0.25, -0.2) is 9.37 Å². The molecule has 1 aromatic heterocycles. The number of alkyl halides is 1. The highest BCUT2D eigenvalue weighted by atomic mass is 32.1. The maximum Gasteiger partial charge on any atom is 0.254 e. The lowest BCUT2D eigenvalue weighted by Crippen LogP contribution is -2.52. The second kappa shape index (κ2) is 12.5. The smallest absolute Gasteiger partial charge is 0.254 e. The topological polar surface area (TPSA) is 104 Å². The molecule has 3 aliphatic heterocycles. The van der Waals surface area contributed by atoms with Crippen LogP contribution in [-0.4, -0.2) is 70.9 Å². The number of rotatable bonds is 8. The molecule has 0 unspecified atom stereocenters. The lowest BCUT2D eigenvalue weighted by molar-refractivity contribution is 0.0724. The summed E-state index contributed by atoms with van der Waals surface area (Å²) in [5.41, 5.74) is 3.23. The third-order valence-corrected chi connectivity index (χ3v) is 9.56. The van der Waals surface area contributed by atoms with Gasteiger partial charge in [-0.1, -0.05) is 30.3 Å². The van der Waals surface area contributed by atoms with Gasteiger partial charge in [0.25, 0.3) is 11.8 Å². The predicted octanol–water partition coefficient (Wildman–Crippen LogP) is 4.16. The van der Waals surface area contributed by atoms with E-state index < -0.39 is 30.3 Å². The zero-order chi connectivity index (χ0) is 29.2. The fraction of sp³-hybridized carbons (Fsp3) is 0.469. The minimum absolute atomic E-state index is 0.0199. The molecule has 6 rings (SSSR count). The van der Waals surface area contributed by atoms with Crippen LogP contribution in [0.3, 0.4) is 0 Å². The van der Waals surface area contributed by atoms with E-state index in [9.17, 15) is 19.1 Å². The summed E-state index contributed by atoms with van der Waals surface area (Å²) >= 11 is 1.43. The molecule has 10 heteroatoms. The van der Waals surface area contributed by atoms with Crippen LogP contribution in [-0.2, 0) is 12.8 Å². The number of hydrogen-bond donors (Lipinski definition) is 3. The summed E-state index contributed by atoms with van der Waals surface area (Å²) in [6.07, 6.45) is 1.91. The molecule has 3 aromatic rings. The van der Waals surface area contributed by atoms with Crippen molar-refractivity contribution in [1.29, 1.82) is 0 Å². The van der Waals surface area contributed by atoms with Gasteiger partial charge in [0.05, 0.1) is 31.3 Å². The van der Waals surface area contributed by atoms with Gasteiger partial charge >= 0.3 is 0 Å². The van der Waals surface area contributed by atoms with Gasteiger partial charge in [0, 0.05) is 40.2 Å². The van der Waals surface area contributed by atoms with Crippen molar-refractivity contribution in [1.82, 2.24) is 20.5 Å². The lowest BCUT2D eigenvalue weighted by Gasteiger charge is -2.29. The molecule has 2 fully saturated rings. The van der Waals surface area contributed by atoms with Crippen LogP contribution in [0.25, 0.3) is 0 Å². The third-order valence-electron chi connectivity index (χ3n) is 8.50. The SMILES string of the molecule is Cc1csc([C@H]2C[C@H](F)CN2C(=O)c2cc(C(=O)N[C@@H](Cc3ccccc3)[C@H](O)[C@@H]3CCCN3)cc3c2CCCO3)n1. The summed E-state index contributed by atoms with van der Waals surface area (Å²) in [5, 5.41) is 20.3. The molecular formula is C32H37FN4O4S. The second-order valence-corrected chi connectivity index (χ2v) is 12.4. The van der Waals surface area contributed by atoms with E-state index in [0.29, 0.717) is 30.8 Å². The Labute approximate surface area is 249 Å². The molecule has 0 aliphatic carbocycles. The Balaban J connectivity index is 1.30. The van der Waals surface area contributed by atoms with Crippen molar-refractivity contribution in [2.75, 3.05) is 19.7 Å². The van der Waals surface area contributed by atoms with E-state index in [1.807, 2.05) is 42.6 Å². The minimum atomic E-state index is -1.15. The number of hydrogen-bond acceptors (Lipinski definition) is 7. The number of nitrogens with zero attached hydrogens (tertiary/aromatic N) is 2. The minimum Gasteiger partial charge on any atom is -0.493 e. The normalized spacial score (nSPS) is 23.2. The molecule has 2 amide bonds. The molecule has 0 spiro atoms. The molecule has 0 radical (unpaired) electrons. The fourth-order valence-electron chi connectivity index (χ4n) is 6.37. The number of nitrogens with one attached hydrogen (secondary N) is 2. The van der Waals surface area contributed by atoms with Gasteiger partial charge in [-0.05, 0) is 63.3 Å². The summed E-state index contributed by atoms with van der Waals surface area (Å²) in [6, 6.07) is 12.0. The largest absolute Gasteiger partial charge is 0.493 e. The number of aliphatic hydroxyl groups is 1. The van der Waals surface area contributed by atoms with Crippen LogP contribution in [0.15, 0.2) is 47.8 Å². The number of aliphatic hydroxyl groups excluding tert-OH is 1. The molecule has 4 heterocycles. The van der Waals surface area contributed by atoms with E-state index in [4.69, 9.17) is 4.74 Å². The number of benzene rings is 2. The molecule has 0 bridgehead atoms. The van der Waals surface area contributed by atoms with Gasteiger partial charge in [0.2, 0.25) is 0 Å². The van der Waals surface area contributed by atoms with E-state index >= 15 is 0 Å². The van der Waals surface area contributed by atoms with E-state index in [1.165, 1.54) is 11.3 Å². The highest BCUT2D eigenvalue weighted by Crippen LogP contribution is 2.38. The number of likely N-dealkylation sites (tertiary alicyclic amines) is 1. The number of fused-ring (bicyclic) bond motifs is 1. The van der Waals surface area contributed by atoms with Gasteiger partial charge in [0.15, 0.2) is 0 Å². The van der Waals surface area contributed by atoms with Gasteiger partial charge in [-0.2, -0.15) is 0 Å². The van der Waals surface area contributed by atoms with E-state index in [1.54, 1.807) is 17.0 Å². The first kappa shape index (κ1) is 28.8. The Hall–Kier alpha value is -3.34. The first-order valence-electron chi connectivity index (χ1n) is 14.8. The molecule has 3 N–H and O–H groups in total. The second-order valence-electron chi connectivity index (χ2n) is 11.5. The number of ether oxygens (including phenoxy) is 1. The predicted molar refractivity (Wildman–Crippen MR) is 159 cm³/mol. The van der Waals surface area contributed by atoms with Gasteiger partial charge in [-0.3, -0.25) is 9.59 Å². The van der Waals surface area contributed by atoms with Crippen LogP contribution >= 0.6 is 11.3 Å². The molecule has 2 saturated heterocycles. The van der Waals surface area contributed by atoms with E-state index in [2.05, 4.69) is 15.6 Å². The van der Waals surface area contributed by atoms with E-state index in [-0.39, 0.29) is 30.5 Å². The van der Waals surface area contributed by atoms with Crippen LogP contribution in [0.4, 0.5) is 4.39 Å². The first-order chi connectivity index (χ1) is 20.4. The maximum absolute atomic E-state index is 14.7. The molecule has 3 aliphatic rings. The Morgan fingerprint density at radius 1 is 1.26 bits per heavy atom. The van der Waals surface area contributed by atoms with Crippen molar-refractivity contribution in [3.63, 3.8) is 0 Å². The number of halogens is 1. The monoisotopic (exact) mass is 592 g/mol. The molecule has 0 saturated carbocycles. The summed E-state index contributed by atoms with van der Waals surface area (Å²) in [4.78, 5) is 34.0. The van der Waals surface area contributed by atoms with Gasteiger partial charge in [0.1, 0.15) is 16.9 Å². The quantitative estimate of drug-likeness (QED) is 0.363. The fourth-order valence-corrected chi connectivity index (χ4v) is 7.29. The van der Waals surface area contributed by atoms with E-state index in [0.717, 1.165) is 47.6 Å². The van der Waals surface area contributed by atoms with Crippen LogP contribution in [0.1, 0.15) is 74.3 Å². The molecule has 222 valence electrons. The molecular weight excluding hydrogens is 555 g/mol. The molecule has 8 nitrogen and oxygen atoms in total. The standard InChI is InChI=1S/C32H37FN4O4S/c1-19-18-42-31(35-19)27-16-22(33)17-37(27)32(40)24-14-21(15-28-23(24)9-6-12-41-28)30(39)36-26(13-20-7-3-2-4-8-20)29(38)25-10-5-11-34-25/h2-4,7-8,14-15,18,22,25-27,29,34,38H,5-6,9-13,16-17H2,1H3,(H,36,39)/t22-,25-,26-,27+,29+/m0/s1. The van der Waals surface area contributed by atoms with Crippen molar-refractivity contribution < 1.29 is 23.8 Å². The number of carbonyl (C=O) groups is 2. The zero-order valence-corrected chi connectivity index (χ0v) is 24.5. The number of carbonyl (C=O) groups excluding carboxylic acids is 2. The third kappa shape index (κ3) is 6.07. The summed E-state index contributed by atoms with van der Waals surface area (Å²) in [7, 11) is 0. The Kier molecular flexibility index (Phi) is 8.55. The van der Waals surface area contributed by atoms with Crippen molar-refractivity contribution in [2.24, 2.45) is 0 Å². The number of aryl methyl sites for hydroxylation is 1. The summed E-state index contributed by atoms with van der Waals surface area (Å²) < 4.78 is 20.7. The van der Waals surface area contributed by atoms with Gasteiger partial charge < -0.3 is 25.4 Å². The summed E-state index contributed by atoms with van der Waals surface area (Å²) in [5.74, 6) is -0.205. The van der Waals surface area contributed by atoms with Crippen LogP contribution in [0.5, 0.6) is 5.75 Å². The van der Waals surface area contributed by atoms with Crippen molar-refractivity contribution in [2.45, 2.75) is 75.8 Å². The molecule has 5 atom stereocenters. The Bertz CT molecular complexity index is 1430. The molecule has 42 heavy (non-hydrogen) atoms. The van der Waals surface area contributed by atoms with Crippen molar-refractivity contribution in [3.05, 3.63) is 80.8 Å². The van der Waals surface area contributed by atoms with Crippen LogP contribution in [0, 0.1) is 6.92 Å². The molecule has 2 aromatic carbocycles. The zero-order valence-electron chi connectivity index (χ0n) is 23.7. The highest BCUT2D eigenvalue weighted by Gasteiger charge is 2.40. The highest BCUT2D eigenvalue weighted by molar-refractivity contribution is 7.09. The average Bonchev–Trinajstić information content (AvgIpc) is 3.77. The van der Waals surface area contributed by atoms with Crippen LogP contribution < -0.4 is 15.4 Å². The summed E-state index contributed by atoms with van der Waals surface area (Å²) in [6.45, 7) is 3.19. The van der Waals surface area contributed by atoms with Gasteiger partial charge in [-0.15, -0.1) is 11.3 Å². The Morgan fingerprint density at radius 2 is 2.10 bits per heavy atom. The number of aromatic nitrogens is 1. The van der Waals surface area contributed by atoms with Crippen molar-refractivity contribution in [3.8, 4) is 5.75 Å². The van der Waals surface area contributed by atoms with Crippen LogP contribution in [0.2, 0.25) is 0 Å². The maximum atomic E-state index is 14.7. The lowest BCUT2D eigenvalue weighted by atomic mass is 9.93. The number of amides is 2.